The van der Waals surface area contributed by atoms with E-state index in [4.69, 9.17) is 0 Å². The Hall–Kier alpha value is -1.53. The number of rotatable bonds is 3. The zero-order valence-electron chi connectivity index (χ0n) is 9.42. The number of imidazole rings is 1. The number of H-pyrrole nitrogens is 1. The van der Waals surface area contributed by atoms with Gasteiger partial charge in [0.15, 0.2) is 11.4 Å². The molecule has 1 amide bonds. The fourth-order valence-electron chi connectivity index (χ4n) is 2.35. The second-order valence-corrected chi connectivity index (χ2v) is 4.94. The molecule has 1 heterocycles. The van der Waals surface area contributed by atoms with E-state index in [2.05, 4.69) is 10.3 Å². The number of carbonyl (C=O) groups is 1. The number of alkyl halides is 3. The zero-order chi connectivity index (χ0) is 12.9. The van der Waals surface area contributed by atoms with Crippen molar-refractivity contribution in [2.24, 2.45) is 11.8 Å². The molecule has 0 bridgehead atoms. The van der Waals surface area contributed by atoms with E-state index in [1.165, 1.54) is 12.8 Å². The van der Waals surface area contributed by atoms with Gasteiger partial charge in [-0.3, -0.25) is 4.79 Å². The Kier molecular flexibility index (Phi) is 2.39. The normalized spacial score (nSPS) is 27.1. The number of hydrogen-bond donors (Lipinski definition) is 2. The van der Waals surface area contributed by atoms with Crippen LogP contribution in [0.2, 0.25) is 0 Å². The smallest absolute Gasteiger partial charge is 0.348 e. The molecule has 0 unspecified atom stereocenters. The molecular weight excluding hydrogens is 247 g/mol. The number of aromatic nitrogens is 2. The van der Waals surface area contributed by atoms with Crippen LogP contribution >= 0.6 is 0 Å². The molecular formula is C11H12F3N3O. The molecule has 0 aliphatic heterocycles. The monoisotopic (exact) mass is 259 g/mol. The summed E-state index contributed by atoms with van der Waals surface area (Å²) >= 11 is 0. The fraction of sp³-hybridized carbons (Fsp3) is 0.636. The largest absolute Gasteiger partial charge is 0.433 e. The second kappa shape index (κ2) is 3.73. The highest BCUT2D eigenvalue weighted by Crippen LogP contribution is 2.50. The molecule has 2 atom stereocenters. The SMILES string of the molecule is O=C(N[C@@H]1C[C@H]1C1CC1)c1nc[nH]c1C(F)(F)F. The molecule has 7 heteroatoms. The highest BCUT2D eigenvalue weighted by Gasteiger charge is 2.48. The molecule has 2 aliphatic carbocycles. The average Bonchev–Trinajstić information content (AvgIpc) is 3.15. The second-order valence-electron chi connectivity index (χ2n) is 4.94. The lowest BCUT2D eigenvalue weighted by Crippen LogP contribution is -2.29. The van der Waals surface area contributed by atoms with Crippen molar-refractivity contribution in [1.82, 2.24) is 15.3 Å². The molecule has 0 spiro atoms. The Morgan fingerprint density at radius 2 is 2.17 bits per heavy atom. The molecule has 2 fully saturated rings. The molecule has 4 nitrogen and oxygen atoms in total. The number of nitrogens with zero attached hydrogens (tertiary/aromatic N) is 1. The van der Waals surface area contributed by atoms with Crippen molar-refractivity contribution in [3.05, 3.63) is 17.7 Å². The summed E-state index contributed by atoms with van der Waals surface area (Å²) in [7, 11) is 0. The molecule has 1 aromatic heterocycles. The first-order chi connectivity index (χ1) is 8.47. The summed E-state index contributed by atoms with van der Waals surface area (Å²) in [5.41, 5.74) is -1.65. The summed E-state index contributed by atoms with van der Waals surface area (Å²) < 4.78 is 37.7. The van der Waals surface area contributed by atoms with Crippen LogP contribution in [0.3, 0.4) is 0 Å². The van der Waals surface area contributed by atoms with Crippen molar-refractivity contribution < 1.29 is 18.0 Å². The van der Waals surface area contributed by atoms with E-state index in [0.29, 0.717) is 11.8 Å². The average molecular weight is 259 g/mol. The van der Waals surface area contributed by atoms with Gasteiger partial charge in [0.25, 0.3) is 5.91 Å². The Bertz CT molecular complexity index is 478. The number of amides is 1. The highest BCUT2D eigenvalue weighted by atomic mass is 19.4. The third-order valence-corrected chi connectivity index (χ3v) is 3.52. The van der Waals surface area contributed by atoms with Gasteiger partial charge in [-0.25, -0.2) is 4.98 Å². The maximum absolute atomic E-state index is 12.6. The number of carbonyl (C=O) groups excluding carboxylic acids is 1. The van der Waals surface area contributed by atoms with Crippen LogP contribution in [0.1, 0.15) is 35.4 Å². The zero-order valence-corrected chi connectivity index (χ0v) is 9.42. The van der Waals surface area contributed by atoms with Crippen molar-refractivity contribution in [2.75, 3.05) is 0 Å². The van der Waals surface area contributed by atoms with Gasteiger partial charge in [0.05, 0.1) is 6.33 Å². The van der Waals surface area contributed by atoms with Crippen LogP contribution in [0.25, 0.3) is 0 Å². The lowest BCUT2D eigenvalue weighted by atomic mass is 10.2. The number of hydrogen-bond acceptors (Lipinski definition) is 2. The van der Waals surface area contributed by atoms with Crippen molar-refractivity contribution >= 4 is 5.91 Å². The van der Waals surface area contributed by atoms with Crippen molar-refractivity contribution in [1.29, 1.82) is 0 Å². The molecule has 18 heavy (non-hydrogen) atoms. The lowest BCUT2D eigenvalue weighted by molar-refractivity contribution is -0.141. The van der Waals surface area contributed by atoms with E-state index in [-0.39, 0.29) is 6.04 Å². The number of halogens is 3. The van der Waals surface area contributed by atoms with Gasteiger partial charge in [-0.15, -0.1) is 0 Å². The summed E-state index contributed by atoms with van der Waals surface area (Å²) in [6.45, 7) is 0. The highest BCUT2D eigenvalue weighted by molar-refractivity contribution is 5.94. The topological polar surface area (TPSA) is 57.8 Å². The van der Waals surface area contributed by atoms with Crippen LogP contribution in [0.4, 0.5) is 13.2 Å². The first-order valence-corrected chi connectivity index (χ1v) is 5.88. The third-order valence-electron chi connectivity index (χ3n) is 3.52. The molecule has 98 valence electrons. The van der Waals surface area contributed by atoms with Gasteiger partial charge in [0, 0.05) is 6.04 Å². The fourth-order valence-corrected chi connectivity index (χ4v) is 2.35. The Balaban J connectivity index is 1.67. The van der Waals surface area contributed by atoms with E-state index < -0.39 is 23.5 Å². The molecule has 0 saturated heterocycles. The minimum atomic E-state index is -4.58. The Morgan fingerprint density at radius 1 is 1.44 bits per heavy atom. The number of nitrogens with one attached hydrogen (secondary N) is 2. The van der Waals surface area contributed by atoms with Gasteiger partial charge in [-0.1, -0.05) is 0 Å². The van der Waals surface area contributed by atoms with Crippen LogP contribution in [-0.2, 0) is 6.18 Å². The van der Waals surface area contributed by atoms with E-state index in [1.54, 1.807) is 0 Å². The summed E-state index contributed by atoms with van der Waals surface area (Å²) in [4.78, 5) is 17.1. The van der Waals surface area contributed by atoms with Crippen molar-refractivity contribution in [2.45, 2.75) is 31.5 Å². The van der Waals surface area contributed by atoms with Crippen LogP contribution in [0.5, 0.6) is 0 Å². The molecule has 0 radical (unpaired) electrons. The minimum Gasteiger partial charge on any atom is -0.348 e. The van der Waals surface area contributed by atoms with E-state index in [0.717, 1.165) is 12.7 Å². The van der Waals surface area contributed by atoms with E-state index >= 15 is 0 Å². The molecule has 2 saturated carbocycles. The number of aromatic amines is 1. The van der Waals surface area contributed by atoms with Crippen molar-refractivity contribution in [3.63, 3.8) is 0 Å². The predicted octanol–water partition coefficient (Wildman–Crippen LogP) is 1.96. The molecule has 2 aliphatic rings. The molecule has 1 aromatic rings. The Labute approximate surface area is 101 Å². The quantitative estimate of drug-likeness (QED) is 0.871. The molecule has 2 N–H and O–H groups in total. The molecule has 3 rings (SSSR count). The summed E-state index contributed by atoms with van der Waals surface area (Å²) in [5, 5.41) is 2.62. The van der Waals surface area contributed by atoms with Gasteiger partial charge in [-0.2, -0.15) is 13.2 Å². The van der Waals surface area contributed by atoms with Crippen LogP contribution in [0.15, 0.2) is 6.33 Å². The van der Waals surface area contributed by atoms with Crippen LogP contribution in [0, 0.1) is 11.8 Å². The minimum absolute atomic E-state index is 0.0304. The standard InChI is InChI=1S/C11H12F3N3O/c12-11(13,14)9-8(15-4-16-9)10(18)17-7-3-6(7)5-1-2-5/h4-7H,1-3H2,(H,15,16)(H,17,18)/t6-,7+/m0/s1. The van der Waals surface area contributed by atoms with Gasteiger partial charge >= 0.3 is 6.18 Å². The Morgan fingerprint density at radius 3 is 2.78 bits per heavy atom. The van der Waals surface area contributed by atoms with E-state index in [9.17, 15) is 18.0 Å². The van der Waals surface area contributed by atoms with Gasteiger partial charge in [0.1, 0.15) is 0 Å². The third kappa shape index (κ3) is 2.09. The van der Waals surface area contributed by atoms with E-state index in [1.807, 2.05) is 4.98 Å². The molecule has 0 aromatic carbocycles. The van der Waals surface area contributed by atoms with Crippen molar-refractivity contribution in [3.8, 4) is 0 Å². The summed E-state index contributed by atoms with van der Waals surface area (Å²) in [6, 6.07) is 0.0304. The maximum Gasteiger partial charge on any atom is 0.433 e. The van der Waals surface area contributed by atoms with Crippen LogP contribution < -0.4 is 5.32 Å². The lowest BCUT2D eigenvalue weighted by Gasteiger charge is -2.07. The first kappa shape index (κ1) is 11.6. The summed E-state index contributed by atoms with van der Waals surface area (Å²) in [5.74, 6) is 0.385. The van der Waals surface area contributed by atoms with Gasteiger partial charge in [-0.05, 0) is 31.1 Å². The van der Waals surface area contributed by atoms with Gasteiger partial charge < -0.3 is 10.3 Å². The predicted molar refractivity (Wildman–Crippen MR) is 55.7 cm³/mol. The maximum atomic E-state index is 12.6. The van der Waals surface area contributed by atoms with Gasteiger partial charge in [0.2, 0.25) is 0 Å². The summed E-state index contributed by atoms with van der Waals surface area (Å²) in [6.07, 6.45) is -0.464. The van der Waals surface area contributed by atoms with Crippen LogP contribution in [-0.4, -0.2) is 21.9 Å². The first-order valence-electron chi connectivity index (χ1n) is 5.88.